The summed E-state index contributed by atoms with van der Waals surface area (Å²) in [7, 11) is 0. The summed E-state index contributed by atoms with van der Waals surface area (Å²) in [6.07, 6.45) is -4.41. The fourth-order valence-corrected chi connectivity index (χ4v) is 2.29. The summed E-state index contributed by atoms with van der Waals surface area (Å²) < 4.78 is 41.7. The first-order valence-corrected chi connectivity index (χ1v) is 8.20. The molecule has 0 aliphatic heterocycles. The number of halogens is 4. The van der Waals surface area contributed by atoms with Crippen molar-refractivity contribution in [3.8, 4) is 5.75 Å². The minimum Gasteiger partial charge on any atom is -0.489 e. The molecule has 0 spiro atoms. The van der Waals surface area contributed by atoms with Crippen LogP contribution in [0.1, 0.15) is 11.1 Å². The molecule has 0 radical (unpaired) electrons. The fourth-order valence-electron chi connectivity index (χ4n) is 2.10. The van der Waals surface area contributed by atoms with E-state index in [0.717, 1.165) is 11.1 Å². The van der Waals surface area contributed by atoms with Crippen LogP contribution in [0, 0.1) is 0 Å². The number of alkyl halides is 3. The Morgan fingerprint density at radius 3 is 2.62 bits per heavy atom. The van der Waals surface area contributed by atoms with Gasteiger partial charge in [-0.1, -0.05) is 41.9 Å². The lowest BCUT2D eigenvalue weighted by atomic mass is 10.2. The number of nitrogens with one attached hydrogen (secondary N) is 2. The van der Waals surface area contributed by atoms with Crippen molar-refractivity contribution in [3.63, 3.8) is 0 Å². The van der Waals surface area contributed by atoms with E-state index in [9.17, 15) is 18.0 Å². The third-order valence-corrected chi connectivity index (χ3v) is 3.72. The molecular formula is C18H18ClF3N2O2. The third kappa shape index (κ3) is 7.33. The van der Waals surface area contributed by atoms with Gasteiger partial charge in [-0.05, 0) is 23.8 Å². The maximum atomic E-state index is 12.0. The van der Waals surface area contributed by atoms with E-state index in [1.165, 1.54) is 0 Å². The molecule has 0 aromatic heterocycles. The van der Waals surface area contributed by atoms with Crippen LogP contribution < -0.4 is 15.4 Å². The Morgan fingerprint density at radius 1 is 1.12 bits per heavy atom. The van der Waals surface area contributed by atoms with Crippen molar-refractivity contribution in [1.29, 1.82) is 0 Å². The number of hydrogen-bond donors (Lipinski definition) is 2. The van der Waals surface area contributed by atoms with Crippen molar-refractivity contribution >= 4 is 17.5 Å². The molecule has 140 valence electrons. The highest BCUT2D eigenvalue weighted by Crippen LogP contribution is 2.19. The van der Waals surface area contributed by atoms with Gasteiger partial charge in [0.15, 0.2) is 0 Å². The van der Waals surface area contributed by atoms with E-state index in [1.54, 1.807) is 29.6 Å². The van der Waals surface area contributed by atoms with Gasteiger partial charge in [0.1, 0.15) is 18.9 Å². The lowest BCUT2D eigenvalue weighted by Gasteiger charge is -2.11. The number of carbonyl (C=O) groups excluding carboxylic acids is 1. The van der Waals surface area contributed by atoms with Crippen molar-refractivity contribution in [1.82, 2.24) is 10.6 Å². The van der Waals surface area contributed by atoms with Crippen molar-refractivity contribution in [3.05, 3.63) is 64.7 Å². The van der Waals surface area contributed by atoms with E-state index in [2.05, 4.69) is 5.32 Å². The van der Waals surface area contributed by atoms with E-state index in [0.29, 0.717) is 23.9 Å². The Bertz CT molecular complexity index is 738. The second-order valence-corrected chi connectivity index (χ2v) is 5.93. The molecule has 0 fully saturated rings. The molecule has 0 aliphatic carbocycles. The maximum absolute atomic E-state index is 12.0. The van der Waals surface area contributed by atoms with E-state index in [-0.39, 0.29) is 6.54 Å². The van der Waals surface area contributed by atoms with Crippen molar-refractivity contribution < 1.29 is 22.7 Å². The summed E-state index contributed by atoms with van der Waals surface area (Å²) in [4.78, 5) is 11.3. The number of hydrogen-bond acceptors (Lipinski definition) is 3. The topological polar surface area (TPSA) is 50.4 Å². The first-order chi connectivity index (χ1) is 12.3. The molecule has 2 aromatic rings. The fraction of sp³-hybridized carbons (Fsp3) is 0.278. The van der Waals surface area contributed by atoms with E-state index in [1.807, 2.05) is 24.3 Å². The number of benzene rings is 2. The largest absolute Gasteiger partial charge is 0.489 e. The molecule has 0 atom stereocenters. The molecule has 0 saturated carbocycles. The minimum atomic E-state index is -4.41. The van der Waals surface area contributed by atoms with Gasteiger partial charge in [-0.3, -0.25) is 4.79 Å². The molecular weight excluding hydrogens is 369 g/mol. The minimum absolute atomic E-state index is 0.208. The lowest BCUT2D eigenvalue weighted by Crippen LogP contribution is -2.39. The van der Waals surface area contributed by atoms with Crippen LogP contribution >= 0.6 is 11.6 Å². The van der Waals surface area contributed by atoms with Gasteiger partial charge in [-0.2, -0.15) is 13.2 Å². The van der Waals surface area contributed by atoms with E-state index < -0.39 is 18.6 Å². The van der Waals surface area contributed by atoms with Crippen LogP contribution in [0.25, 0.3) is 0 Å². The van der Waals surface area contributed by atoms with E-state index in [4.69, 9.17) is 16.3 Å². The average molecular weight is 387 g/mol. The van der Waals surface area contributed by atoms with Crippen LogP contribution in [0.2, 0.25) is 5.02 Å². The predicted octanol–water partition coefficient (Wildman–Crippen LogP) is 3.69. The van der Waals surface area contributed by atoms with Gasteiger partial charge in [0.05, 0.1) is 6.54 Å². The number of amides is 1. The Morgan fingerprint density at radius 2 is 1.88 bits per heavy atom. The van der Waals surface area contributed by atoms with Crippen molar-refractivity contribution in [2.45, 2.75) is 19.3 Å². The highest BCUT2D eigenvalue weighted by atomic mass is 35.5. The van der Waals surface area contributed by atoms with Crippen LogP contribution in [0.15, 0.2) is 48.5 Å². The summed E-state index contributed by atoms with van der Waals surface area (Å²) >= 11 is 6.08. The predicted molar refractivity (Wildman–Crippen MR) is 93.0 cm³/mol. The molecule has 8 heteroatoms. The van der Waals surface area contributed by atoms with Gasteiger partial charge in [-0.15, -0.1) is 0 Å². The van der Waals surface area contributed by atoms with Crippen molar-refractivity contribution in [2.75, 3.05) is 13.1 Å². The zero-order valence-electron chi connectivity index (χ0n) is 13.8. The highest BCUT2D eigenvalue weighted by Gasteiger charge is 2.27. The molecule has 26 heavy (non-hydrogen) atoms. The Balaban J connectivity index is 1.78. The van der Waals surface area contributed by atoms with Gasteiger partial charge < -0.3 is 15.4 Å². The quantitative estimate of drug-likeness (QED) is 0.727. The molecule has 2 aromatic carbocycles. The standard InChI is InChI=1S/C18H18ClF3N2O2/c19-16-7-2-1-5-14(16)11-26-15-6-3-4-13(8-15)9-23-10-17(25)24-12-18(20,21)22/h1-8,23H,9-12H2,(H,24,25). The summed E-state index contributed by atoms with van der Waals surface area (Å²) in [6, 6.07) is 14.6. The molecule has 0 aliphatic rings. The number of ether oxygens (including phenoxy) is 1. The molecule has 0 bridgehead atoms. The first-order valence-electron chi connectivity index (χ1n) is 7.83. The SMILES string of the molecule is O=C(CNCc1cccc(OCc2ccccc2Cl)c1)NCC(F)(F)F. The maximum Gasteiger partial charge on any atom is 0.405 e. The summed E-state index contributed by atoms with van der Waals surface area (Å²) in [6.45, 7) is -0.904. The van der Waals surface area contributed by atoms with Gasteiger partial charge in [0.2, 0.25) is 5.91 Å². The zero-order valence-corrected chi connectivity index (χ0v) is 14.5. The van der Waals surface area contributed by atoms with Gasteiger partial charge in [0, 0.05) is 17.1 Å². The monoisotopic (exact) mass is 386 g/mol. The molecule has 2 rings (SSSR count). The van der Waals surface area contributed by atoms with Crippen LogP contribution in [-0.4, -0.2) is 25.2 Å². The van der Waals surface area contributed by atoms with Gasteiger partial charge >= 0.3 is 6.18 Å². The second kappa shape index (κ2) is 9.45. The highest BCUT2D eigenvalue weighted by molar-refractivity contribution is 6.31. The Hall–Kier alpha value is -2.25. The van der Waals surface area contributed by atoms with Crippen LogP contribution in [0.4, 0.5) is 13.2 Å². The molecule has 0 heterocycles. The molecule has 2 N–H and O–H groups in total. The normalized spacial score (nSPS) is 11.2. The van der Waals surface area contributed by atoms with Gasteiger partial charge in [0.25, 0.3) is 0 Å². The Labute approximate surface area is 154 Å². The lowest BCUT2D eigenvalue weighted by molar-refractivity contribution is -0.137. The van der Waals surface area contributed by atoms with E-state index >= 15 is 0 Å². The first kappa shape index (κ1) is 20.1. The smallest absolute Gasteiger partial charge is 0.405 e. The second-order valence-electron chi connectivity index (χ2n) is 5.52. The van der Waals surface area contributed by atoms with Crippen LogP contribution in [0.5, 0.6) is 5.75 Å². The summed E-state index contributed by atoms with van der Waals surface area (Å²) in [5.41, 5.74) is 1.70. The van der Waals surface area contributed by atoms with Crippen LogP contribution in [0.3, 0.4) is 0 Å². The van der Waals surface area contributed by atoms with Gasteiger partial charge in [-0.25, -0.2) is 0 Å². The third-order valence-electron chi connectivity index (χ3n) is 3.35. The Kier molecular flexibility index (Phi) is 7.29. The molecule has 1 amide bonds. The van der Waals surface area contributed by atoms with Crippen molar-refractivity contribution in [2.24, 2.45) is 0 Å². The summed E-state index contributed by atoms with van der Waals surface area (Å²) in [5.74, 6) is -0.0841. The van der Waals surface area contributed by atoms with Crippen LogP contribution in [-0.2, 0) is 17.9 Å². The molecule has 0 unspecified atom stereocenters. The zero-order chi connectivity index (χ0) is 19.0. The number of carbonyl (C=O) groups is 1. The number of rotatable bonds is 8. The molecule has 0 saturated heterocycles. The molecule has 4 nitrogen and oxygen atoms in total. The average Bonchev–Trinajstić information content (AvgIpc) is 2.59. The summed E-state index contributed by atoms with van der Waals surface area (Å²) in [5, 5.41) is 5.21.